The number of benzene rings is 2. The molecule has 1 aliphatic carbocycles. The molecular formula is C21H27BO3. The van der Waals surface area contributed by atoms with Gasteiger partial charge in [0, 0.05) is 5.46 Å². The lowest BCUT2D eigenvalue weighted by molar-refractivity contribution is 0.00578. The van der Waals surface area contributed by atoms with Gasteiger partial charge in [0.05, 0.1) is 17.3 Å². The molecule has 25 heavy (non-hydrogen) atoms. The summed E-state index contributed by atoms with van der Waals surface area (Å²) in [5.74, 6) is 0.907. The molecule has 0 bridgehead atoms. The minimum atomic E-state index is -0.410. The predicted molar refractivity (Wildman–Crippen MR) is 103 cm³/mol. The van der Waals surface area contributed by atoms with Gasteiger partial charge in [0.1, 0.15) is 5.75 Å². The number of fused-ring (bicyclic) bond motifs is 1. The minimum absolute atomic E-state index is 0.308. The van der Waals surface area contributed by atoms with E-state index in [1.54, 1.807) is 0 Å². The molecule has 2 fully saturated rings. The van der Waals surface area contributed by atoms with Crippen molar-refractivity contribution in [3.8, 4) is 5.75 Å². The lowest BCUT2D eigenvalue weighted by Gasteiger charge is -2.32. The first-order valence-electron chi connectivity index (χ1n) is 9.41. The van der Waals surface area contributed by atoms with E-state index in [9.17, 15) is 0 Å². The Bertz CT molecular complexity index is 762. The Morgan fingerprint density at radius 3 is 2.24 bits per heavy atom. The van der Waals surface area contributed by atoms with Crippen LogP contribution in [0.4, 0.5) is 0 Å². The maximum atomic E-state index is 6.40. The normalized spacial score (nSPS) is 22.6. The van der Waals surface area contributed by atoms with Gasteiger partial charge >= 0.3 is 7.12 Å². The second-order valence-electron chi connectivity index (χ2n) is 8.31. The van der Waals surface area contributed by atoms with Gasteiger partial charge in [-0.1, -0.05) is 30.3 Å². The molecule has 4 heteroatoms. The molecule has 1 heterocycles. The quantitative estimate of drug-likeness (QED) is 0.774. The predicted octanol–water partition coefficient (Wildman–Crippen LogP) is 4.46. The maximum Gasteiger partial charge on any atom is 0.499 e. The zero-order valence-electron chi connectivity index (χ0n) is 15.7. The molecule has 2 aromatic carbocycles. The second-order valence-corrected chi connectivity index (χ2v) is 8.31. The molecule has 3 nitrogen and oxygen atoms in total. The highest BCUT2D eigenvalue weighted by Gasteiger charge is 2.53. The van der Waals surface area contributed by atoms with Crippen molar-refractivity contribution in [1.29, 1.82) is 0 Å². The summed E-state index contributed by atoms with van der Waals surface area (Å²) in [7, 11) is -0.410. The van der Waals surface area contributed by atoms with Crippen LogP contribution in [0.15, 0.2) is 36.4 Å². The molecule has 132 valence electrons. The lowest BCUT2D eigenvalue weighted by Crippen LogP contribution is -2.41. The molecule has 1 saturated heterocycles. The minimum Gasteiger partial charge on any atom is -0.491 e. The molecule has 0 aromatic heterocycles. The van der Waals surface area contributed by atoms with Crippen molar-refractivity contribution in [2.45, 2.75) is 70.7 Å². The molecule has 0 atom stereocenters. The van der Waals surface area contributed by atoms with E-state index >= 15 is 0 Å². The Morgan fingerprint density at radius 2 is 1.56 bits per heavy atom. The van der Waals surface area contributed by atoms with Gasteiger partial charge in [0.25, 0.3) is 0 Å². The number of ether oxygens (including phenoxy) is 1. The molecule has 1 aliphatic heterocycles. The zero-order valence-corrected chi connectivity index (χ0v) is 15.7. The molecule has 0 unspecified atom stereocenters. The first-order valence-corrected chi connectivity index (χ1v) is 9.41. The van der Waals surface area contributed by atoms with Gasteiger partial charge in [-0.2, -0.15) is 0 Å². The van der Waals surface area contributed by atoms with Crippen LogP contribution in [0.1, 0.15) is 53.4 Å². The van der Waals surface area contributed by atoms with Crippen LogP contribution in [0.5, 0.6) is 5.75 Å². The van der Waals surface area contributed by atoms with E-state index in [1.807, 2.05) is 0 Å². The van der Waals surface area contributed by atoms with E-state index in [2.05, 4.69) is 64.1 Å². The number of hydrogen-bond donors (Lipinski definition) is 0. The van der Waals surface area contributed by atoms with E-state index in [4.69, 9.17) is 14.0 Å². The van der Waals surface area contributed by atoms with E-state index in [0.29, 0.717) is 6.10 Å². The second kappa shape index (κ2) is 6.03. The van der Waals surface area contributed by atoms with Crippen LogP contribution in [0.25, 0.3) is 10.8 Å². The van der Waals surface area contributed by atoms with Crippen molar-refractivity contribution in [2.24, 2.45) is 0 Å². The van der Waals surface area contributed by atoms with Crippen molar-refractivity contribution in [1.82, 2.24) is 0 Å². The molecular weight excluding hydrogens is 311 g/mol. The third-order valence-electron chi connectivity index (χ3n) is 6.02. The van der Waals surface area contributed by atoms with Gasteiger partial charge in [0.2, 0.25) is 0 Å². The Balaban J connectivity index is 1.79. The fraction of sp³-hybridized carbons (Fsp3) is 0.524. The summed E-state index contributed by atoms with van der Waals surface area (Å²) in [6, 6.07) is 12.6. The van der Waals surface area contributed by atoms with Crippen LogP contribution in [0, 0.1) is 0 Å². The molecule has 0 amide bonds. The molecule has 0 radical (unpaired) electrons. The van der Waals surface area contributed by atoms with Crippen LogP contribution in [-0.4, -0.2) is 24.4 Å². The Hall–Kier alpha value is -1.52. The van der Waals surface area contributed by atoms with E-state index in [1.165, 1.54) is 18.2 Å². The van der Waals surface area contributed by atoms with Gasteiger partial charge in [0.15, 0.2) is 0 Å². The average molecular weight is 338 g/mol. The number of rotatable bonds is 3. The van der Waals surface area contributed by atoms with Crippen molar-refractivity contribution >= 4 is 23.4 Å². The summed E-state index contributed by atoms with van der Waals surface area (Å²) in [5, 5.41) is 2.34. The largest absolute Gasteiger partial charge is 0.499 e. The molecule has 4 rings (SSSR count). The van der Waals surface area contributed by atoms with E-state index in [0.717, 1.165) is 29.4 Å². The number of hydrogen-bond acceptors (Lipinski definition) is 3. The smallest absolute Gasteiger partial charge is 0.491 e. The summed E-state index contributed by atoms with van der Waals surface area (Å²) in [6.45, 7) is 8.37. The van der Waals surface area contributed by atoms with Crippen LogP contribution < -0.4 is 10.2 Å². The fourth-order valence-electron chi connectivity index (χ4n) is 3.77. The lowest BCUT2D eigenvalue weighted by atomic mass is 9.75. The van der Waals surface area contributed by atoms with Gasteiger partial charge < -0.3 is 14.0 Å². The van der Waals surface area contributed by atoms with Crippen LogP contribution in [-0.2, 0) is 9.31 Å². The fourth-order valence-corrected chi connectivity index (χ4v) is 3.77. The monoisotopic (exact) mass is 338 g/mol. The average Bonchev–Trinajstić information content (AvgIpc) is 3.13. The first-order chi connectivity index (χ1) is 11.9. The van der Waals surface area contributed by atoms with Crippen LogP contribution in [0.2, 0.25) is 0 Å². The standard InChI is InChI=1S/C21H27BO3/c1-20(2)21(3,4)25-22(24-20)19-17-12-8-5-9-15(17)13-14-18(19)23-16-10-6-7-11-16/h5,8-9,12-14,16H,6-7,10-11H2,1-4H3. The third-order valence-corrected chi connectivity index (χ3v) is 6.02. The highest BCUT2D eigenvalue weighted by Crippen LogP contribution is 2.38. The van der Waals surface area contributed by atoms with E-state index in [-0.39, 0.29) is 11.2 Å². The zero-order chi connectivity index (χ0) is 17.7. The van der Waals surface area contributed by atoms with Crippen LogP contribution >= 0.6 is 0 Å². The van der Waals surface area contributed by atoms with Crippen LogP contribution in [0.3, 0.4) is 0 Å². The van der Waals surface area contributed by atoms with Gasteiger partial charge in [-0.05, 0) is 70.2 Å². The van der Waals surface area contributed by atoms with Gasteiger partial charge in [-0.3, -0.25) is 0 Å². The van der Waals surface area contributed by atoms with Crippen molar-refractivity contribution < 1.29 is 14.0 Å². The van der Waals surface area contributed by atoms with Crippen molar-refractivity contribution in [3.63, 3.8) is 0 Å². The molecule has 1 saturated carbocycles. The molecule has 2 aliphatic rings. The SMILES string of the molecule is CC1(C)OB(c2c(OC3CCCC3)ccc3ccccc23)OC1(C)C. The molecule has 0 spiro atoms. The Kier molecular flexibility index (Phi) is 4.08. The molecule has 2 aromatic rings. The highest BCUT2D eigenvalue weighted by molar-refractivity contribution is 6.66. The summed E-state index contributed by atoms with van der Waals surface area (Å²) < 4.78 is 19.1. The third kappa shape index (κ3) is 2.96. The maximum absolute atomic E-state index is 6.40. The summed E-state index contributed by atoms with van der Waals surface area (Å²) in [5.41, 5.74) is 0.307. The molecule has 0 N–H and O–H groups in total. The first kappa shape index (κ1) is 16.9. The van der Waals surface area contributed by atoms with E-state index < -0.39 is 7.12 Å². The Labute approximate surface area is 150 Å². The Morgan fingerprint density at radius 1 is 0.920 bits per heavy atom. The summed E-state index contributed by atoms with van der Waals surface area (Å²) in [4.78, 5) is 0. The van der Waals surface area contributed by atoms with Gasteiger partial charge in [-0.25, -0.2) is 0 Å². The van der Waals surface area contributed by atoms with Gasteiger partial charge in [-0.15, -0.1) is 0 Å². The van der Waals surface area contributed by atoms with Crippen molar-refractivity contribution in [3.05, 3.63) is 36.4 Å². The van der Waals surface area contributed by atoms with Crippen molar-refractivity contribution in [2.75, 3.05) is 0 Å². The summed E-state index contributed by atoms with van der Waals surface area (Å²) >= 11 is 0. The summed E-state index contributed by atoms with van der Waals surface area (Å²) in [6.07, 6.45) is 5.08. The topological polar surface area (TPSA) is 27.7 Å². The highest BCUT2D eigenvalue weighted by atomic mass is 16.7.